The molecule has 1 aliphatic rings. The number of amides is 3. The van der Waals surface area contributed by atoms with Crippen molar-refractivity contribution in [2.75, 3.05) is 0 Å². The topological polar surface area (TPSA) is 112 Å². The van der Waals surface area contributed by atoms with Crippen LogP contribution in [0.1, 0.15) is 23.9 Å². The van der Waals surface area contributed by atoms with Gasteiger partial charge in [-0.05, 0) is 42.8 Å². The highest BCUT2D eigenvalue weighted by atomic mass is 35.5. The molecular weight excluding hydrogens is 429 g/mol. The van der Waals surface area contributed by atoms with Crippen molar-refractivity contribution in [1.29, 1.82) is 5.26 Å². The first-order valence-corrected chi connectivity index (χ1v) is 9.50. The van der Waals surface area contributed by atoms with E-state index in [1.807, 2.05) is 6.07 Å². The van der Waals surface area contributed by atoms with Gasteiger partial charge in [0.2, 0.25) is 11.8 Å². The number of hydrogen-bond acceptors (Lipinski definition) is 6. The highest BCUT2D eigenvalue weighted by molar-refractivity contribution is 6.36. The largest absolute Gasteiger partial charge is 0.419 e. The molecule has 8 nitrogen and oxygen atoms in total. The lowest BCUT2D eigenvalue weighted by atomic mass is 9.91. The summed E-state index contributed by atoms with van der Waals surface area (Å²) < 4.78 is 5.59. The quantitative estimate of drug-likeness (QED) is 0.614. The molecule has 1 N–H and O–H groups in total. The van der Waals surface area contributed by atoms with E-state index in [9.17, 15) is 9.59 Å². The number of aromatic nitrogens is 2. The summed E-state index contributed by atoms with van der Waals surface area (Å²) in [5.41, 5.74) is 0.0547. The number of halogens is 2. The zero-order chi connectivity index (χ0) is 21.5. The van der Waals surface area contributed by atoms with Gasteiger partial charge in [0.25, 0.3) is 5.91 Å². The third kappa shape index (κ3) is 3.38. The summed E-state index contributed by atoms with van der Waals surface area (Å²) in [6.45, 7) is 1.37. The van der Waals surface area contributed by atoms with E-state index < -0.39 is 17.5 Å². The van der Waals surface area contributed by atoms with Crippen LogP contribution in [0, 0.1) is 11.3 Å². The van der Waals surface area contributed by atoms with E-state index in [0.29, 0.717) is 26.7 Å². The van der Waals surface area contributed by atoms with Gasteiger partial charge in [-0.2, -0.15) is 5.26 Å². The fourth-order valence-corrected chi connectivity index (χ4v) is 3.65. The van der Waals surface area contributed by atoms with Crippen molar-refractivity contribution in [3.05, 3.63) is 69.5 Å². The summed E-state index contributed by atoms with van der Waals surface area (Å²) in [7, 11) is 0. The SMILES string of the molecule is CC1(c2cccc(C#N)c2)NC(=O)N(Cc2nnc(-c3ccc(Cl)cc3Cl)o2)C1=O. The van der Waals surface area contributed by atoms with Crippen molar-refractivity contribution in [2.24, 2.45) is 0 Å². The molecule has 1 unspecified atom stereocenters. The van der Waals surface area contributed by atoms with Crippen LogP contribution >= 0.6 is 23.2 Å². The van der Waals surface area contributed by atoms with Crippen LogP contribution in [-0.2, 0) is 16.9 Å². The maximum atomic E-state index is 13.0. The normalized spacial score (nSPS) is 18.4. The van der Waals surface area contributed by atoms with Gasteiger partial charge in [-0.3, -0.25) is 9.69 Å². The summed E-state index contributed by atoms with van der Waals surface area (Å²) in [6, 6.07) is 12.7. The molecule has 0 radical (unpaired) electrons. The fourth-order valence-electron chi connectivity index (χ4n) is 3.16. The first-order valence-electron chi connectivity index (χ1n) is 8.74. The van der Waals surface area contributed by atoms with E-state index in [0.717, 1.165) is 4.90 Å². The van der Waals surface area contributed by atoms with Crippen molar-refractivity contribution in [3.8, 4) is 17.5 Å². The van der Waals surface area contributed by atoms with Crippen LogP contribution in [0.3, 0.4) is 0 Å². The molecule has 1 atom stereocenters. The molecule has 3 aromatic rings. The van der Waals surface area contributed by atoms with E-state index in [4.69, 9.17) is 32.9 Å². The summed E-state index contributed by atoms with van der Waals surface area (Å²) >= 11 is 12.0. The Bertz CT molecular complexity index is 1220. The van der Waals surface area contributed by atoms with Crippen molar-refractivity contribution in [1.82, 2.24) is 20.4 Å². The molecule has 2 aromatic carbocycles. The fraction of sp³-hybridized carbons (Fsp3) is 0.150. The molecule has 0 spiro atoms. The molecule has 0 saturated carbocycles. The van der Waals surface area contributed by atoms with E-state index in [1.165, 1.54) is 0 Å². The van der Waals surface area contributed by atoms with E-state index in [-0.39, 0.29) is 18.3 Å². The van der Waals surface area contributed by atoms with Gasteiger partial charge in [0.05, 0.1) is 22.2 Å². The van der Waals surface area contributed by atoms with Gasteiger partial charge in [-0.15, -0.1) is 10.2 Å². The predicted octanol–water partition coefficient (Wildman–Crippen LogP) is 3.88. The lowest BCUT2D eigenvalue weighted by Crippen LogP contribution is -2.40. The van der Waals surface area contributed by atoms with Crippen molar-refractivity contribution in [3.63, 3.8) is 0 Å². The van der Waals surface area contributed by atoms with Crippen molar-refractivity contribution < 1.29 is 14.0 Å². The maximum Gasteiger partial charge on any atom is 0.325 e. The maximum absolute atomic E-state index is 13.0. The molecule has 10 heteroatoms. The molecule has 3 amide bonds. The van der Waals surface area contributed by atoms with Crippen LogP contribution in [-0.4, -0.2) is 27.0 Å². The van der Waals surface area contributed by atoms with Crippen molar-refractivity contribution in [2.45, 2.75) is 19.0 Å². The molecule has 1 aliphatic heterocycles. The van der Waals surface area contributed by atoms with Gasteiger partial charge < -0.3 is 9.73 Å². The van der Waals surface area contributed by atoms with Gasteiger partial charge in [-0.25, -0.2) is 4.79 Å². The van der Waals surface area contributed by atoms with Gasteiger partial charge in [0, 0.05) is 5.02 Å². The molecular formula is C20H13Cl2N5O3. The number of imide groups is 1. The Morgan fingerprint density at radius 1 is 1.20 bits per heavy atom. The first-order chi connectivity index (χ1) is 14.3. The van der Waals surface area contributed by atoms with Crippen LogP contribution in [0.5, 0.6) is 0 Å². The minimum Gasteiger partial charge on any atom is -0.419 e. The second-order valence-corrected chi connectivity index (χ2v) is 7.61. The summed E-state index contributed by atoms with van der Waals surface area (Å²) in [6.07, 6.45) is 0. The monoisotopic (exact) mass is 441 g/mol. The third-order valence-electron chi connectivity index (χ3n) is 4.77. The lowest BCUT2D eigenvalue weighted by Gasteiger charge is -2.22. The standard InChI is InChI=1S/C20H13Cl2N5O3/c1-20(12-4-2-3-11(7-12)9-23)18(28)27(19(29)24-20)10-16-25-26-17(30-16)14-6-5-13(21)8-15(14)22/h2-8H,10H2,1H3,(H,24,29). The first kappa shape index (κ1) is 19.9. The molecule has 2 heterocycles. The Hall–Kier alpha value is -3.41. The Labute approximate surface area is 181 Å². The molecule has 0 bridgehead atoms. The van der Waals surface area contributed by atoms with Crippen molar-refractivity contribution >= 4 is 35.1 Å². The third-order valence-corrected chi connectivity index (χ3v) is 5.31. The average Bonchev–Trinajstić information content (AvgIpc) is 3.27. The highest BCUT2D eigenvalue weighted by Crippen LogP contribution is 2.32. The Kier molecular flexibility index (Phi) is 4.94. The van der Waals surface area contributed by atoms with Crippen LogP contribution < -0.4 is 5.32 Å². The van der Waals surface area contributed by atoms with Gasteiger partial charge in [-0.1, -0.05) is 35.3 Å². The van der Waals surface area contributed by atoms with E-state index in [2.05, 4.69) is 15.5 Å². The predicted molar refractivity (Wildman–Crippen MR) is 107 cm³/mol. The number of nitrogens with one attached hydrogen (secondary N) is 1. The summed E-state index contributed by atoms with van der Waals surface area (Å²) in [5.74, 6) is -0.287. The second kappa shape index (κ2) is 7.44. The number of nitrogens with zero attached hydrogens (tertiary/aromatic N) is 4. The summed E-state index contributed by atoms with van der Waals surface area (Å²) in [5, 5.41) is 20.4. The number of rotatable bonds is 4. The van der Waals surface area contributed by atoms with Gasteiger partial charge >= 0.3 is 6.03 Å². The number of carbonyl (C=O) groups excluding carboxylic acids is 2. The molecule has 1 fully saturated rings. The Morgan fingerprint density at radius 3 is 2.73 bits per heavy atom. The molecule has 1 saturated heterocycles. The molecule has 0 aliphatic carbocycles. The number of hydrogen-bond donors (Lipinski definition) is 1. The van der Waals surface area contributed by atoms with E-state index >= 15 is 0 Å². The number of benzene rings is 2. The average molecular weight is 442 g/mol. The smallest absolute Gasteiger partial charge is 0.325 e. The Morgan fingerprint density at radius 2 is 2.00 bits per heavy atom. The highest BCUT2D eigenvalue weighted by Gasteiger charge is 2.49. The lowest BCUT2D eigenvalue weighted by molar-refractivity contribution is -0.131. The van der Waals surface area contributed by atoms with Gasteiger partial charge in [0.1, 0.15) is 12.1 Å². The summed E-state index contributed by atoms with van der Waals surface area (Å²) in [4.78, 5) is 26.5. The minimum atomic E-state index is -1.31. The molecule has 1 aromatic heterocycles. The molecule has 30 heavy (non-hydrogen) atoms. The van der Waals surface area contributed by atoms with Crippen LogP contribution in [0.2, 0.25) is 10.0 Å². The van der Waals surface area contributed by atoms with Crippen LogP contribution in [0.4, 0.5) is 4.79 Å². The number of urea groups is 1. The second-order valence-electron chi connectivity index (χ2n) is 6.76. The number of carbonyl (C=O) groups is 2. The minimum absolute atomic E-state index is 0.0644. The molecule has 4 rings (SSSR count). The van der Waals surface area contributed by atoms with Gasteiger partial charge in [0.15, 0.2) is 0 Å². The van der Waals surface area contributed by atoms with E-state index in [1.54, 1.807) is 49.4 Å². The van der Waals surface area contributed by atoms with Crippen LogP contribution in [0.25, 0.3) is 11.5 Å². The number of nitriles is 1. The zero-order valence-electron chi connectivity index (χ0n) is 15.5. The zero-order valence-corrected chi connectivity index (χ0v) is 17.0. The molecule has 150 valence electrons. The van der Waals surface area contributed by atoms with Crippen LogP contribution in [0.15, 0.2) is 46.9 Å². The Balaban J connectivity index is 1.59.